The van der Waals surface area contributed by atoms with Gasteiger partial charge in [0.15, 0.2) is 0 Å². The van der Waals surface area contributed by atoms with Crippen LogP contribution < -0.4 is 5.32 Å². The van der Waals surface area contributed by atoms with Crippen molar-refractivity contribution in [3.63, 3.8) is 0 Å². The Morgan fingerprint density at radius 3 is 2.53 bits per heavy atom. The fourth-order valence-electron chi connectivity index (χ4n) is 1.88. The Labute approximate surface area is 89.4 Å². The Bertz CT molecular complexity index is 255. The number of carboxylic acids is 1. The molecular weight excluding hydrogens is 196 g/mol. The maximum Gasteiger partial charge on any atom is 0.323 e. The minimum atomic E-state index is -0.955. The molecule has 1 aliphatic heterocycles. The van der Waals surface area contributed by atoms with Crippen LogP contribution in [0.3, 0.4) is 0 Å². The molecule has 0 aromatic carbocycles. The van der Waals surface area contributed by atoms with Gasteiger partial charge in [0.1, 0.15) is 6.54 Å². The third-order valence-electron chi connectivity index (χ3n) is 2.85. The van der Waals surface area contributed by atoms with Crippen LogP contribution >= 0.6 is 0 Å². The summed E-state index contributed by atoms with van der Waals surface area (Å²) in [5.41, 5.74) is 0. The van der Waals surface area contributed by atoms with Crippen molar-refractivity contribution in [2.75, 3.05) is 26.2 Å². The van der Waals surface area contributed by atoms with Gasteiger partial charge in [-0.05, 0) is 19.4 Å². The van der Waals surface area contributed by atoms with E-state index >= 15 is 0 Å². The lowest BCUT2D eigenvalue weighted by atomic mass is 9.96. The van der Waals surface area contributed by atoms with Gasteiger partial charge >= 0.3 is 5.97 Å². The standard InChI is InChI=1S/C10H18N2O3/c1-3-12(6-9(13)14)10(15)8-5-11-4-7(8)2/h7-8,11H,3-6H2,1-2H3,(H,13,14)/t7-,8-/m1/s1. The Morgan fingerprint density at radius 2 is 2.13 bits per heavy atom. The van der Waals surface area contributed by atoms with Crippen molar-refractivity contribution in [1.82, 2.24) is 10.2 Å². The normalized spacial score (nSPS) is 25.2. The van der Waals surface area contributed by atoms with Crippen LogP contribution in [0.2, 0.25) is 0 Å². The van der Waals surface area contributed by atoms with Crippen LogP contribution in [0.15, 0.2) is 0 Å². The molecule has 1 saturated heterocycles. The summed E-state index contributed by atoms with van der Waals surface area (Å²) in [4.78, 5) is 23.9. The maximum atomic E-state index is 11.9. The summed E-state index contributed by atoms with van der Waals surface area (Å²) < 4.78 is 0. The molecule has 1 amide bonds. The van der Waals surface area contributed by atoms with E-state index < -0.39 is 5.97 Å². The Morgan fingerprint density at radius 1 is 1.47 bits per heavy atom. The monoisotopic (exact) mass is 214 g/mol. The van der Waals surface area contributed by atoms with Crippen LogP contribution in [0, 0.1) is 11.8 Å². The molecular formula is C10H18N2O3. The van der Waals surface area contributed by atoms with Gasteiger partial charge in [-0.1, -0.05) is 6.92 Å². The molecule has 0 saturated carbocycles. The second-order valence-corrected chi connectivity index (χ2v) is 3.99. The number of carbonyl (C=O) groups is 2. The first-order valence-corrected chi connectivity index (χ1v) is 5.27. The highest BCUT2D eigenvalue weighted by molar-refractivity contribution is 5.83. The fraction of sp³-hybridized carbons (Fsp3) is 0.800. The number of nitrogens with zero attached hydrogens (tertiary/aromatic N) is 1. The zero-order valence-electron chi connectivity index (χ0n) is 9.19. The van der Waals surface area contributed by atoms with E-state index in [4.69, 9.17) is 5.11 Å². The average Bonchev–Trinajstić information content (AvgIpc) is 2.59. The van der Waals surface area contributed by atoms with E-state index in [0.29, 0.717) is 19.0 Å². The lowest BCUT2D eigenvalue weighted by Crippen LogP contribution is -2.41. The zero-order chi connectivity index (χ0) is 11.4. The molecule has 1 rings (SSSR count). The number of hydrogen-bond donors (Lipinski definition) is 2. The smallest absolute Gasteiger partial charge is 0.323 e. The summed E-state index contributed by atoms with van der Waals surface area (Å²) in [6, 6.07) is 0. The van der Waals surface area contributed by atoms with Crippen LogP contribution in [0.1, 0.15) is 13.8 Å². The molecule has 1 heterocycles. The molecule has 0 aromatic rings. The van der Waals surface area contributed by atoms with E-state index in [9.17, 15) is 9.59 Å². The first-order valence-electron chi connectivity index (χ1n) is 5.27. The van der Waals surface area contributed by atoms with Crippen molar-refractivity contribution < 1.29 is 14.7 Å². The van der Waals surface area contributed by atoms with E-state index in [-0.39, 0.29) is 18.4 Å². The molecule has 0 radical (unpaired) electrons. The Balaban J connectivity index is 2.59. The molecule has 0 aliphatic carbocycles. The molecule has 0 spiro atoms. The largest absolute Gasteiger partial charge is 0.480 e. The van der Waals surface area contributed by atoms with Crippen molar-refractivity contribution in [3.05, 3.63) is 0 Å². The molecule has 1 fully saturated rings. The second-order valence-electron chi connectivity index (χ2n) is 3.99. The predicted octanol–water partition coefficient (Wildman–Crippen LogP) is -0.225. The SMILES string of the molecule is CCN(CC(=O)O)C(=O)[C@@H]1CNC[C@H]1C. The number of carbonyl (C=O) groups excluding carboxylic acids is 1. The molecule has 5 nitrogen and oxygen atoms in total. The number of likely N-dealkylation sites (N-methyl/N-ethyl adjacent to an activating group) is 1. The summed E-state index contributed by atoms with van der Waals surface area (Å²) in [6.45, 7) is 5.56. The Hall–Kier alpha value is -1.10. The highest BCUT2D eigenvalue weighted by Gasteiger charge is 2.32. The van der Waals surface area contributed by atoms with E-state index in [1.807, 2.05) is 6.92 Å². The molecule has 1 aliphatic rings. The molecule has 5 heteroatoms. The number of rotatable bonds is 4. The Kier molecular flexibility index (Phi) is 4.08. The number of amides is 1. The van der Waals surface area contributed by atoms with Crippen LogP contribution in [-0.2, 0) is 9.59 Å². The lowest BCUT2D eigenvalue weighted by Gasteiger charge is -2.23. The maximum absolute atomic E-state index is 11.9. The number of hydrogen-bond acceptors (Lipinski definition) is 3. The van der Waals surface area contributed by atoms with Crippen LogP contribution in [0.5, 0.6) is 0 Å². The van der Waals surface area contributed by atoms with Crippen LogP contribution in [0.25, 0.3) is 0 Å². The van der Waals surface area contributed by atoms with E-state index in [0.717, 1.165) is 6.54 Å². The quantitative estimate of drug-likeness (QED) is 0.678. The van der Waals surface area contributed by atoms with Crippen LogP contribution in [0.4, 0.5) is 0 Å². The van der Waals surface area contributed by atoms with Gasteiger partial charge in [0.05, 0.1) is 5.92 Å². The summed E-state index contributed by atoms with van der Waals surface area (Å²) in [5.74, 6) is -0.772. The minimum Gasteiger partial charge on any atom is -0.480 e. The molecule has 0 bridgehead atoms. The molecule has 0 aromatic heterocycles. The minimum absolute atomic E-state index is 0.0441. The predicted molar refractivity (Wildman–Crippen MR) is 55.4 cm³/mol. The summed E-state index contributed by atoms with van der Waals surface area (Å²) in [6.07, 6.45) is 0. The molecule has 15 heavy (non-hydrogen) atoms. The second kappa shape index (κ2) is 5.11. The van der Waals surface area contributed by atoms with Gasteiger partial charge in [-0.2, -0.15) is 0 Å². The van der Waals surface area contributed by atoms with E-state index in [1.165, 1.54) is 4.90 Å². The van der Waals surface area contributed by atoms with Gasteiger partial charge in [-0.3, -0.25) is 9.59 Å². The summed E-state index contributed by atoms with van der Waals surface area (Å²) >= 11 is 0. The van der Waals surface area contributed by atoms with Gasteiger partial charge in [0, 0.05) is 13.1 Å². The molecule has 0 unspecified atom stereocenters. The van der Waals surface area contributed by atoms with Crippen LogP contribution in [-0.4, -0.2) is 48.1 Å². The van der Waals surface area contributed by atoms with Gasteiger partial charge in [-0.25, -0.2) is 0 Å². The first kappa shape index (κ1) is 12.0. The number of nitrogens with one attached hydrogen (secondary N) is 1. The third-order valence-corrected chi connectivity index (χ3v) is 2.85. The van der Waals surface area contributed by atoms with Crippen molar-refractivity contribution in [3.8, 4) is 0 Å². The van der Waals surface area contributed by atoms with Gasteiger partial charge in [0.2, 0.25) is 5.91 Å². The number of aliphatic carboxylic acids is 1. The fourth-order valence-corrected chi connectivity index (χ4v) is 1.88. The van der Waals surface area contributed by atoms with Gasteiger partial charge in [0.25, 0.3) is 0 Å². The van der Waals surface area contributed by atoms with Gasteiger partial charge in [-0.15, -0.1) is 0 Å². The molecule has 86 valence electrons. The van der Waals surface area contributed by atoms with Gasteiger partial charge < -0.3 is 15.3 Å². The van der Waals surface area contributed by atoms with Crippen molar-refractivity contribution >= 4 is 11.9 Å². The zero-order valence-corrected chi connectivity index (χ0v) is 9.19. The third kappa shape index (κ3) is 2.92. The summed E-state index contributed by atoms with van der Waals surface area (Å²) in [7, 11) is 0. The average molecular weight is 214 g/mol. The number of carboxylic acid groups (broad SMARTS) is 1. The van der Waals surface area contributed by atoms with Crippen molar-refractivity contribution in [2.24, 2.45) is 11.8 Å². The van der Waals surface area contributed by atoms with Crippen molar-refractivity contribution in [1.29, 1.82) is 0 Å². The highest BCUT2D eigenvalue weighted by atomic mass is 16.4. The lowest BCUT2D eigenvalue weighted by molar-refractivity contribution is -0.146. The first-order chi connectivity index (χ1) is 7.06. The molecule has 2 N–H and O–H groups in total. The molecule has 2 atom stereocenters. The summed E-state index contributed by atoms with van der Waals surface area (Å²) in [5, 5.41) is 11.8. The van der Waals surface area contributed by atoms with E-state index in [2.05, 4.69) is 5.32 Å². The topological polar surface area (TPSA) is 69.6 Å². The highest BCUT2D eigenvalue weighted by Crippen LogP contribution is 2.18. The van der Waals surface area contributed by atoms with Crippen molar-refractivity contribution in [2.45, 2.75) is 13.8 Å². The van der Waals surface area contributed by atoms with E-state index in [1.54, 1.807) is 6.92 Å².